The van der Waals surface area contributed by atoms with E-state index in [1.54, 1.807) is 23.3 Å². The Labute approximate surface area is 192 Å². The first-order valence-electron chi connectivity index (χ1n) is 11.4. The van der Waals surface area contributed by atoms with E-state index in [0.29, 0.717) is 17.7 Å². The standard InChI is InChI=1S/C25H30N2O6/c1-2-3-8-21(29)27(14-16-9-12-32-15-16)19-13-18(25(31)26-10-11-28)22-17-6-4-5-7-20(17)33-24(22)23(19)30/h4-7,9,12-13,15,19,22-24,28,30H,2-3,8,10-11,14H2,1H3,(H,26,31)/t19-,22+,23+,24+/m1/s1. The molecule has 2 aromatic rings. The van der Waals surface area contributed by atoms with Gasteiger partial charge in [0.1, 0.15) is 18.0 Å². The Morgan fingerprint density at radius 3 is 2.76 bits per heavy atom. The van der Waals surface area contributed by atoms with Gasteiger partial charge in [0, 0.05) is 36.2 Å². The van der Waals surface area contributed by atoms with Gasteiger partial charge in [0.15, 0.2) is 0 Å². The molecular weight excluding hydrogens is 424 g/mol. The number of unbranched alkanes of at least 4 members (excludes halogenated alkanes) is 1. The van der Waals surface area contributed by atoms with E-state index in [1.165, 1.54) is 6.26 Å². The highest BCUT2D eigenvalue weighted by Crippen LogP contribution is 2.47. The highest BCUT2D eigenvalue weighted by molar-refractivity contribution is 5.96. The second-order valence-corrected chi connectivity index (χ2v) is 8.44. The summed E-state index contributed by atoms with van der Waals surface area (Å²) in [6, 6.07) is 8.43. The normalized spacial score (nSPS) is 23.2. The Bertz CT molecular complexity index is 1000. The van der Waals surface area contributed by atoms with E-state index in [-0.39, 0.29) is 31.5 Å². The van der Waals surface area contributed by atoms with Crippen LogP contribution in [-0.4, -0.2) is 58.3 Å². The van der Waals surface area contributed by atoms with Gasteiger partial charge in [-0.05, 0) is 24.6 Å². The fourth-order valence-electron chi connectivity index (χ4n) is 4.60. The molecule has 33 heavy (non-hydrogen) atoms. The second-order valence-electron chi connectivity index (χ2n) is 8.44. The molecule has 0 saturated carbocycles. The fourth-order valence-corrected chi connectivity index (χ4v) is 4.60. The molecule has 4 rings (SSSR count). The minimum absolute atomic E-state index is 0.109. The van der Waals surface area contributed by atoms with Gasteiger partial charge in [-0.15, -0.1) is 0 Å². The van der Waals surface area contributed by atoms with Gasteiger partial charge in [0.2, 0.25) is 11.8 Å². The zero-order valence-corrected chi connectivity index (χ0v) is 18.6. The van der Waals surface area contributed by atoms with Crippen LogP contribution in [0.25, 0.3) is 0 Å². The SMILES string of the molecule is CCCCC(=O)N(Cc1ccoc1)[C@@H]1C=C(C(=O)NCCO)[C@@H]2c3ccccc3O[C@@H]2[C@H]1O. The van der Waals surface area contributed by atoms with E-state index in [9.17, 15) is 19.8 Å². The lowest BCUT2D eigenvalue weighted by molar-refractivity contribution is -0.138. The van der Waals surface area contributed by atoms with Gasteiger partial charge in [0.05, 0.1) is 31.1 Å². The molecule has 2 amide bonds. The number of hydrogen-bond acceptors (Lipinski definition) is 6. The highest BCUT2D eigenvalue weighted by atomic mass is 16.5. The third-order valence-electron chi connectivity index (χ3n) is 6.23. The number of carbonyl (C=O) groups is 2. The summed E-state index contributed by atoms with van der Waals surface area (Å²) in [4.78, 5) is 27.9. The number of aliphatic hydroxyl groups is 2. The number of carbonyl (C=O) groups excluding carboxylic acids is 2. The summed E-state index contributed by atoms with van der Waals surface area (Å²) in [5.41, 5.74) is 2.04. The van der Waals surface area contributed by atoms with Crippen molar-refractivity contribution < 1.29 is 29.0 Å². The van der Waals surface area contributed by atoms with Gasteiger partial charge in [-0.3, -0.25) is 9.59 Å². The van der Waals surface area contributed by atoms with Crippen LogP contribution in [0, 0.1) is 0 Å². The van der Waals surface area contributed by atoms with Crippen molar-refractivity contribution in [2.75, 3.05) is 13.2 Å². The highest BCUT2D eigenvalue weighted by Gasteiger charge is 2.50. The van der Waals surface area contributed by atoms with E-state index in [0.717, 1.165) is 24.0 Å². The van der Waals surface area contributed by atoms with E-state index < -0.39 is 24.2 Å². The molecule has 2 heterocycles. The maximum atomic E-state index is 13.2. The predicted octanol–water partition coefficient (Wildman–Crippen LogP) is 2.12. The van der Waals surface area contributed by atoms with Gasteiger partial charge in [-0.25, -0.2) is 0 Å². The predicted molar refractivity (Wildman–Crippen MR) is 120 cm³/mol. The molecule has 0 saturated heterocycles. The van der Waals surface area contributed by atoms with Crippen LogP contribution in [0.5, 0.6) is 5.75 Å². The van der Waals surface area contributed by atoms with Crippen LogP contribution >= 0.6 is 0 Å². The number of benzene rings is 1. The summed E-state index contributed by atoms with van der Waals surface area (Å²) in [6.45, 7) is 2.18. The zero-order chi connectivity index (χ0) is 23.4. The number of para-hydroxylation sites is 1. The molecule has 0 bridgehead atoms. The number of hydrogen-bond donors (Lipinski definition) is 3. The number of nitrogens with zero attached hydrogens (tertiary/aromatic N) is 1. The van der Waals surface area contributed by atoms with Crippen molar-refractivity contribution in [3.05, 3.63) is 65.6 Å². The number of amides is 2. The Morgan fingerprint density at radius 2 is 2.03 bits per heavy atom. The summed E-state index contributed by atoms with van der Waals surface area (Å²) in [5, 5.41) is 23.3. The van der Waals surface area contributed by atoms with Crippen molar-refractivity contribution in [2.45, 2.75) is 56.9 Å². The Hall–Kier alpha value is -3.10. The summed E-state index contributed by atoms with van der Waals surface area (Å²) in [5.74, 6) is -0.303. The Balaban J connectivity index is 1.73. The minimum Gasteiger partial charge on any atom is -0.486 e. The van der Waals surface area contributed by atoms with Gasteiger partial charge in [-0.1, -0.05) is 31.5 Å². The van der Waals surface area contributed by atoms with E-state index in [4.69, 9.17) is 9.15 Å². The number of rotatable bonds is 9. The molecule has 1 aromatic heterocycles. The molecule has 1 aromatic carbocycles. The van der Waals surface area contributed by atoms with Crippen LogP contribution in [-0.2, 0) is 16.1 Å². The molecule has 8 nitrogen and oxygen atoms in total. The smallest absolute Gasteiger partial charge is 0.247 e. The van der Waals surface area contributed by atoms with E-state index >= 15 is 0 Å². The molecule has 0 radical (unpaired) electrons. The number of aliphatic hydroxyl groups excluding tert-OH is 2. The average molecular weight is 455 g/mol. The van der Waals surface area contributed by atoms with Crippen molar-refractivity contribution in [3.63, 3.8) is 0 Å². The third kappa shape index (κ3) is 4.67. The van der Waals surface area contributed by atoms with E-state index in [2.05, 4.69) is 5.32 Å². The quantitative estimate of drug-likeness (QED) is 0.535. The van der Waals surface area contributed by atoms with Crippen LogP contribution in [0.15, 0.2) is 58.9 Å². The van der Waals surface area contributed by atoms with Crippen molar-refractivity contribution >= 4 is 11.8 Å². The molecule has 8 heteroatoms. The largest absolute Gasteiger partial charge is 0.486 e. The van der Waals surface area contributed by atoms with Gasteiger partial charge < -0.3 is 29.6 Å². The fraction of sp³-hybridized carbons (Fsp3) is 0.440. The molecule has 3 N–H and O–H groups in total. The number of fused-ring (bicyclic) bond motifs is 3. The lowest BCUT2D eigenvalue weighted by Gasteiger charge is -2.40. The molecule has 4 atom stereocenters. The summed E-state index contributed by atoms with van der Waals surface area (Å²) >= 11 is 0. The first-order valence-corrected chi connectivity index (χ1v) is 11.4. The van der Waals surface area contributed by atoms with Gasteiger partial charge in [0.25, 0.3) is 0 Å². The summed E-state index contributed by atoms with van der Waals surface area (Å²) < 4.78 is 11.3. The van der Waals surface area contributed by atoms with Crippen molar-refractivity contribution in [3.8, 4) is 5.75 Å². The van der Waals surface area contributed by atoms with Crippen molar-refractivity contribution in [2.24, 2.45) is 0 Å². The lowest BCUT2D eigenvalue weighted by atomic mass is 9.77. The number of ether oxygens (including phenoxy) is 1. The molecule has 2 aliphatic rings. The van der Waals surface area contributed by atoms with Crippen LogP contribution in [0.4, 0.5) is 0 Å². The summed E-state index contributed by atoms with van der Waals surface area (Å²) in [6.07, 6.45) is 4.99. The van der Waals surface area contributed by atoms with E-state index in [1.807, 2.05) is 31.2 Å². The topological polar surface area (TPSA) is 112 Å². The Morgan fingerprint density at radius 1 is 1.21 bits per heavy atom. The van der Waals surface area contributed by atoms with Gasteiger partial charge >= 0.3 is 0 Å². The number of nitrogens with one attached hydrogen (secondary N) is 1. The molecule has 0 fully saturated rings. The monoisotopic (exact) mass is 454 g/mol. The average Bonchev–Trinajstić information content (AvgIpc) is 3.48. The Kier molecular flexibility index (Phi) is 7.15. The van der Waals surface area contributed by atoms with Crippen LogP contribution in [0.3, 0.4) is 0 Å². The maximum absolute atomic E-state index is 13.2. The molecule has 0 spiro atoms. The number of furan rings is 1. The summed E-state index contributed by atoms with van der Waals surface area (Å²) in [7, 11) is 0. The second kappa shape index (κ2) is 10.2. The molecule has 1 aliphatic carbocycles. The maximum Gasteiger partial charge on any atom is 0.247 e. The molecule has 1 aliphatic heterocycles. The van der Waals surface area contributed by atoms with Crippen molar-refractivity contribution in [1.29, 1.82) is 0 Å². The first kappa shape index (κ1) is 23.1. The third-order valence-corrected chi connectivity index (χ3v) is 6.23. The zero-order valence-electron chi connectivity index (χ0n) is 18.6. The van der Waals surface area contributed by atoms with Crippen LogP contribution in [0.2, 0.25) is 0 Å². The first-order chi connectivity index (χ1) is 16.0. The molecular formula is C25H30N2O6. The van der Waals surface area contributed by atoms with Crippen LogP contribution < -0.4 is 10.1 Å². The molecule has 0 unspecified atom stereocenters. The van der Waals surface area contributed by atoms with Crippen molar-refractivity contribution in [1.82, 2.24) is 10.2 Å². The lowest BCUT2D eigenvalue weighted by Crippen LogP contribution is -2.55. The minimum atomic E-state index is -1.03. The van der Waals surface area contributed by atoms with Crippen LogP contribution in [0.1, 0.15) is 43.2 Å². The molecule has 176 valence electrons. The van der Waals surface area contributed by atoms with Gasteiger partial charge in [-0.2, -0.15) is 0 Å².